The van der Waals surface area contributed by atoms with E-state index in [2.05, 4.69) is 15.3 Å². The van der Waals surface area contributed by atoms with Gasteiger partial charge < -0.3 is 14.8 Å². The summed E-state index contributed by atoms with van der Waals surface area (Å²) in [5, 5.41) is 7.13. The third kappa shape index (κ3) is 4.96. The number of methoxy groups -OCH3 is 2. The molecule has 0 saturated heterocycles. The van der Waals surface area contributed by atoms with Crippen LogP contribution >= 0.6 is 0 Å². The fourth-order valence-corrected chi connectivity index (χ4v) is 2.63. The van der Waals surface area contributed by atoms with Crippen LogP contribution in [0.3, 0.4) is 0 Å². The molecule has 0 radical (unpaired) electrons. The van der Waals surface area contributed by atoms with Crippen LogP contribution in [0.1, 0.15) is 18.2 Å². The molecule has 2 rings (SSSR count). The molecule has 1 heterocycles. The van der Waals surface area contributed by atoms with Gasteiger partial charge >= 0.3 is 0 Å². The highest BCUT2D eigenvalue weighted by Crippen LogP contribution is 2.28. The number of carbonyl (C=O) groups excluding carboxylic acids is 1. The van der Waals surface area contributed by atoms with Gasteiger partial charge in [-0.25, -0.2) is 0 Å². The zero-order valence-corrected chi connectivity index (χ0v) is 15.5. The summed E-state index contributed by atoms with van der Waals surface area (Å²) in [4.78, 5) is 14.4. The summed E-state index contributed by atoms with van der Waals surface area (Å²) in [5.41, 5.74) is 1.93. The lowest BCUT2D eigenvalue weighted by molar-refractivity contribution is -0.117. The zero-order valence-electron chi connectivity index (χ0n) is 15.5. The highest BCUT2D eigenvalue weighted by molar-refractivity contribution is 5.91. The van der Waals surface area contributed by atoms with Gasteiger partial charge in [0, 0.05) is 19.7 Å². The molecular formula is C18H26N4O3. The lowest BCUT2D eigenvalue weighted by Gasteiger charge is -2.20. The van der Waals surface area contributed by atoms with E-state index in [0.29, 0.717) is 30.4 Å². The molecule has 136 valence electrons. The normalized spacial score (nSPS) is 10.8. The monoisotopic (exact) mass is 346 g/mol. The number of hydrogen-bond acceptors (Lipinski definition) is 5. The molecular weight excluding hydrogens is 320 g/mol. The van der Waals surface area contributed by atoms with Gasteiger partial charge in [0.25, 0.3) is 0 Å². The van der Waals surface area contributed by atoms with Crippen molar-refractivity contribution in [1.29, 1.82) is 0 Å². The fourth-order valence-electron chi connectivity index (χ4n) is 2.63. The lowest BCUT2D eigenvalue weighted by Crippen LogP contribution is -2.33. The molecule has 1 N–H and O–H groups in total. The van der Waals surface area contributed by atoms with E-state index < -0.39 is 0 Å². The minimum atomic E-state index is -0.0645. The van der Waals surface area contributed by atoms with Gasteiger partial charge in [-0.2, -0.15) is 5.10 Å². The second kappa shape index (κ2) is 8.53. The number of benzene rings is 1. The summed E-state index contributed by atoms with van der Waals surface area (Å²) in [5.74, 6) is 2.01. The number of hydrogen-bond donors (Lipinski definition) is 1. The first-order valence-corrected chi connectivity index (χ1v) is 8.20. The Balaban J connectivity index is 2.00. The van der Waals surface area contributed by atoms with Crippen LogP contribution < -0.4 is 14.8 Å². The summed E-state index contributed by atoms with van der Waals surface area (Å²) in [6.07, 6.45) is 0. The molecule has 2 aromatic rings. The van der Waals surface area contributed by atoms with Crippen molar-refractivity contribution in [1.82, 2.24) is 14.7 Å². The van der Waals surface area contributed by atoms with Crippen LogP contribution in [0, 0.1) is 6.92 Å². The van der Waals surface area contributed by atoms with Crippen LogP contribution in [-0.2, 0) is 18.4 Å². The Kier molecular flexibility index (Phi) is 6.41. The van der Waals surface area contributed by atoms with Crippen molar-refractivity contribution in [2.24, 2.45) is 7.05 Å². The smallest absolute Gasteiger partial charge is 0.239 e. The Labute approximate surface area is 148 Å². The van der Waals surface area contributed by atoms with E-state index in [1.165, 1.54) is 0 Å². The predicted molar refractivity (Wildman–Crippen MR) is 97.1 cm³/mol. The van der Waals surface area contributed by atoms with Crippen molar-refractivity contribution in [3.8, 4) is 11.5 Å². The van der Waals surface area contributed by atoms with E-state index in [-0.39, 0.29) is 5.91 Å². The van der Waals surface area contributed by atoms with Gasteiger partial charge in [0.2, 0.25) is 5.91 Å². The Bertz CT molecular complexity index is 727. The van der Waals surface area contributed by atoms with Crippen LogP contribution in [0.5, 0.6) is 11.5 Å². The summed E-state index contributed by atoms with van der Waals surface area (Å²) in [6, 6.07) is 7.64. The average Bonchev–Trinajstić information content (AvgIpc) is 2.91. The number of carbonyl (C=O) groups is 1. The van der Waals surface area contributed by atoms with Gasteiger partial charge in [0.05, 0.1) is 26.5 Å². The SMILES string of the molecule is CCN(CC(=O)Nc1cc(C)nn1C)Cc1ccc(OC)c(OC)c1. The topological polar surface area (TPSA) is 68.6 Å². The predicted octanol–water partition coefficient (Wildman–Crippen LogP) is 2.21. The van der Waals surface area contributed by atoms with E-state index in [4.69, 9.17) is 9.47 Å². The summed E-state index contributed by atoms with van der Waals surface area (Å²) in [7, 11) is 5.03. The minimum absolute atomic E-state index is 0.0645. The molecule has 1 aromatic heterocycles. The van der Waals surface area contributed by atoms with Crippen molar-refractivity contribution in [3.63, 3.8) is 0 Å². The molecule has 0 saturated carbocycles. The highest BCUT2D eigenvalue weighted by Gasteiger charge is 2.13. The second-order valence-electron chi connectivity index (χ2n) is 5.84. The molecule has 0 spiro atoms. The van der Waals surface area contributed by atoms with Gasteiger partial charge in [-0.1, -0.05) is 13.0 Å². The van der Waals surface area contributed by atoms with Crippen LogP contribution in [-0.4, -0.2) is 47.9 Å². The molecule has 7 heteroatoms. The summed E-state index contributed by atoms with van der Waals surface area (Å²) in [6.45, 7) is 5.63. The van der Waals surface area contributed by atoms with E-state index >= 15 is 0 Å². The first-order valence-electron chi connectivity index (χ1n) is 8.20. The summed E-state index contributed by atoms with van der Waals surface area (Å²) < 4.78 is 12.3. The molecule has 0 bridgehead atoms. The van der Waals surface area contributed by atoms with Gasteiger partial charge in [-0.3, -0.25) is 14.4 Å². The van der Waals surface area contributed by atoms with E-state index in [1.807, 2.05) is 45.2 Å². The Hall–Kier alpha value is -2.54. The van der Waals surface area contributed by atoms with Gasteiger partial charge in [-0.05, 0) is 31.2 Å². The maximum atomic E-state index is 12.3. The molecule has 0 fully saturated rings. The van der Waals surface area contributed by atoms with Gasteiger partial charge in [-0.15, -0.1) is 0 Å². The third-order valence-corrected chi connectivity index (χ3v) is 3.94. The molecule has 25 heavy (non-hydrogen) atoms. The van der Waals surface area contributed by atoms with Crippen LogP contribution in [0.4, 0.5) is 5.82 Å². The lowest BCUT2D eigenvalue weighted by atomic mass is 10.2. The van der Waals surface area contributed by atoms with Crippen LogP contribution in [0.15, 0.2) is 24.3 Å². The average molecular weight is 346 g/mol. The Morgan fingerprint density at radius 3 is 2.52 bits per heavy atom. The minimum Gasteiger partial charge on any atom is -0.493 e. The number of anilines is 1. The second-order valence-corrected chi connectivity index (χ2v) is 5.84. The van der Waals surface area contributed by atoms with Crippen molar-refractivity contribution in [2.75, 3.05) is 32.6 Å². The van der Waals surface area contributed by atoms with Crippen LogP contribution in [0.25, 0.3) is 0 Å². The third-order valence-electron chi connectivity index (χ3n) is 3.94. The number of aromatic nitrogens is 2. The molecule has 0 aliphatic carbocycles. The molecule has 0 atom stereocenters. The molecule has 0 aliphatic rings. The van der Waals surface area contributed by atoms with Crippen molar-refractivity contribution in [3.05, 3.63) is 35.5 Å². The van der Waals surface area contributed by atoms with Crippen LogP contribution in [0.2, 0.25) is 0 Å². The number of ether oxygens (including phenoxy) is 2. The van der Waals surface area contributed by atoms with Crippen molar-refractivity contribution < 1.29 is 14.3 Å². The number of aryl methyl sites for hydroxylation is 2. The van der Waals surface area contributed by atoms with E-state index in [0.717, 1.165) is 17.8 Å². The van der Waals surface area contributed by atoms with Gasteiger partial charge in [0.15, 0.2) is 11.5 Å². The van der Waals surface area contributed by atoms with E-state index in [9.17, 15) is 4.79 Å². The molecule has 1 amide bonds. The fraction of sp³-hybridized carbons (Fsp3) is 0.444. The number of likely N-dealkylation sites (N-methyl/N-ethyl adjacent to an activating group) is 1. The first kappa shape index (κ1) is 18.8. The largest absolute Gasteiger partial charge is 0.493 e. The first-order chi connectivity index (χ1) is 12.0. The Morgan fingerprint density at radius 1 is 1.24 bits per heavy atom. The highest BCUT2D eigenvalue weighted by atomic mass is 16.5. The zero-order chi connectivity index (χ0) is 18.4. The molecule has 0 unspecified atom stereocenters. The summed E-state index contributed by atoms with van der Waals surface area (Å²) >= 11 is 0. The number of nitrogens with zero attached hydrogens (tertiary/aromatic N) is 3. The standard InChI is InChI=1S/C18H26N4O3/c1-6-22(11-14-7-8-15(24-4)16(10-14)25-5)12-18(23)19-17-9-13(2)20-21(17)3/h7-10H,6,11-12H2,1-5H3,(H,19,23). The van der Waals surface area contributed by atoms with Gasteiger partial charge in [0.1, 0.15) is 5.82 Å². The molecule has 0 aliphatic heterocycles. The maximum absolute atomic E-state index is 12.3. The van der Waals surface area contributed by atoms with Crippen molar-refractivity contribution >= 4 is 11.7 Å². The number of nitrogens with one attached hydrogen (secondary N) is 1. The molecule has 1 aromatic carbocycles. The number of amides is 1. The Morgan fingerprint density at radius 2 is 1.96 bits per heavy atom. The maximum Gasteiger partial charge on any atom is 0.239 e. The van der Waals surface area contributed by atoms with Crippen molar-refractivity contribution in [2.45, 2.75) is 20.4 Å². The van der Waals surface area contributed by atoms with E-state index in [1.54, 1.807) is 18.9 Å². The molecule has 7 nitrogen and oxygen atoms in total. The quantitative estimate of drug-likeness (QED) is 0.794. The number of rotatable bonds is 8.